The van der Waals surface area contributed by atoms with E-state index in [4.69, 9.17) is 5.73 Å². The van der Waals surface area contributed by atoms with Gasteiger partial charge in [-0.2, -0.15) is 0 Å². The van der Waals surface area contributed by atoms with Crippen LogP contribution in [0.5, 0.6) is 0 Å². The maximum Gasteiger partial charge on any atom is 0.240 e. The summed E-state index contributed by atoms with van der Waals surface area (Å²) in [6.45, 7) is 1.27. The predicted octanol–water partition coefficient (Wildman–Crippen LogP) is 1.73. The molecule has 1 heterocycles. The number of nitrogens with two attached hydrogens (primary N) is 1. The monoisotopic (exact) mass is 323 g/mol. The summed E-state index contributed by atoms with van der Waals surface area (Å²) in [5.41, 5.74) is 7.27. The minimum absolute atomic E-state index is 0. The van der Waals surface area contributed by atoms with Gasteiger partial charge in [-0.1, -0.05) is 12.1 Å². The van der Waals surface area contributed by atoms with E-state index in [-0.39, 0.29) is 24.2 Å². The number of hydrogen-bond acceptors (Lipinski definition) is 3. The average Bonchev–Trinajstić information content (AvgIpc) is 2.89. The SMILES string of the molecule is Cl.NC1(C(=O)NCc2ccc(N3CCCC3=O)cc2)CCC1. The van der Waals surface area contributed by atoms with Crippen molar-refractivity contribution in [3.05, 3.63) is 29.8 Å². The number of nitrogens with zero attached hydrogens (tertiary/aromatic N) is 1. The van der Waals surface area contributed by atoms with Gasteiger partial charge in [0, 0.05) is 25.2 Å². The van der Waals surface area contributed by atoms with E-state index < -0.39 is 5.54 Å². The number of carbonyl (C=O) groups is 2. The van der Waals surface area contributed by atoms with Crippen molar-refractivity contribution in [3.8, 4) is 0 Å². The molecule has 6 heteroatoms. The third-order valence-electron chi connectivity index (χ3n) is 4.47. The summed E-state index contributed by atoms with van der Waals surface area (Å²) < 4.78 is 0. The van der Waals surface area contributed by atoms with Crippen LogP contribution in [0.25, 0.3) is 0 Å². The Morgan fingerprint density at radius 3 is 2.41 bits per heavy atom. The molecule has 1 saturated heterocycles. The fourth-order valence-electron chi connectivity index (χ4n) is 2.86. The first-order valence-electron chi connectivity index (χ1n) is 7.55. The zero-order valence-corrected chi connectivity index (χ0v) is 13.3. The smallest absolute Gasteiger partial charge is 0.240 e. The lowest BCUT2D eigenvalue weighted by molar-refractivity contribution is -0.129. The van der Waals surface area contributed by atoms with E-state index in [9.17, 15) is 9.59 Å². The molecule has 3 rings (SSSR count). The largest absolute Gasteiger partial charge is 0.350 e. The summed E-state index contributed by atoms with van der Waals surface area (Å²) >= 11 is 0. The van der Waals surface area contributed by atoms with Gasteiger partial charge >= 0.3 is 0 Å². The minimum Gasteiger partial charge on any atom is -0.350 e. The van der Waals surface area contributed by atoms with E-state index in [1.165, 1.54) is 0 Å². The Balaban J connectivity index is 0.00000176. The first-order chi connectivity index (χ1) is 10.1. The highest BCUT2D eigenvalue weighted by atomic mass is 35.5. The molecular weight excluding hydrogens is 302 g/mol. The fourth-order valence-corrected chi connectivity index (χ4v) is 2.86. The maximum absolute atomic E-state index is 12.0. The van der Waals surface area contributed by atoms with Gasteiger partial charge in [-0.15, -0.1) is 12.4 Å². The molecule has 0 aromatic heterocycles. The van der Waals surface area contributed by atoms with Crippen molar-refractivity contribution in [2.45, 2.75) is 44.2 Å². The van der Waals surface area contributed by atoms with Crippen LogP contribution >= 0.6 is 12.4 Å². The molecule has 2 aliphatic rings. The molecule has 0 radical (unpaired) electrons. The van der Waals surface area contributed by atoms with Gasteiger partial charge in [-0.25, -0.2) is 0 Å². The van der Waals surface area contributed by atoms with Crippen LogP contribution in [0.3, 0.4) is 0 Å². The van der Waals surface area contributed by atoms with Gasteiger partial charge in [0.05, 0.1) is 5.54 Å². The van der Waals surface area contributed by atoms with E-state index in [1.54, 1.807) is 0 Å². The van der Waals surface area contributed by atoms with Crippen molar-refractivity contribution in [1.29, 1.82) is 0 Å². The second kappa shape index (κ2) is 6.67. The molecule has 0 atom stereocenters. The zero-order valence-electron chi connectivity index (χ0n) is 12.5. The van der Waals surface area contributed by atoms with Crippen LogP contribution in [0.4, 0.5) is 5.69 Å². The first-order valence-corrected chi connectivity index (χ1v) is 7.55. The number of halogens is 1. The van der Waals surface area contributed by atoms with Crippen LogP contribution in [0, 0.1) is 0 Å². The van der Waals surface area contributed by atoms with Gasteiger partial charge in [0.25, 0.3) is 0 Å². The molecule has 1 saturated carbocycles. The first kappa shape index (κ1) is 16.8. The lowest BCUT2D eigenvalue weighted by Crippen LogP contribution is -2.58. The van der Waals surface area contributed by atoms with E-state index in [0.717, 1.165) is 43.5 Å². The Labute approximate surface area is 136 Å². The van der Waals surface area contributed by atoms with Gasteiger partial charge in [0.1, 0.15) is 0 Å². The number of benzene rings is 1. The van der Waals surface area contributed by atoms with Gasteiger partial charge < -0.3 is 16.0 Å². The number of carbonyl (C=O) groups excluding carboxylic acids is 2. The number of rotatable bonds is 4. The van der Waals surface area contributed by atoms with Crippen LogP contribution in [-0.4, -0.2) is 23.9 Å². The normalized spacial score (nSPS) is 19.3. The number of anilines is 1. The second-order valence-electron chi connectivity index (χ2n) is 6.01. The van der Waals surface area contributed by atoms with Crippen molar-refractivity contribution in [3.63, 3.8) is 0 Å². The van der Waals surface area contributed by atoms with Crippen molar-refractivity contribution >= 4 is 29.9 Å². The third-order valence-corrected chi connectivity index (χ3v) is 4.47. The zero-order chi connectivity index (χ0) is 14.9. The van der Waals surface area contributed by atoms with E-state index in [1.807, 2.05) is 29.2 Å². The van der Waals surface area contributed by atoms with Crippen LogP contribution in [0.1, 0.15) is 37.7 Å². The molecule has 2 fully saturated rings. The summed E-state index contributed by atoms with van der Waals surface area (Å²) in [5, 5.41) is 2.89. The predicted molar refractivity (Wildman–Crippen MR) is 87.9 cm³/mol. The van der Waals surface area contributed by atoms with Crippen LogP contribution in [0.2, 0.25) is 0 Å². The van der Waals surface area contributed by atoms with Crippen molar-refractivity contribution in [2.24, 2.45) is 5.73 Å². The Kier molecular flexibility index (Phi) is 5.08. The molecule has 0 spiro atoms. The summed E-state index contributed by atoms with van der Waals surface area (Å²) in [5.74, 6) is 0.124. The molecular formula is C16H22ClN3O2. The summed E-state index contributed by atoms with van der Waals surface area (Å²) in [6.07, 6.45) is 4.14. The molecule has 1 aromatic rings. The number of nitrogens with one attached hydrogen (secondary N) is 1. The molecule has 22 heavy (non-hydrogen) atoms. The highest BCUT2D eigenvalue weighted by Gasteiger charge is 2.39. The molecule has 1 aromatic carbocycles. The Morgan fingerprint density at radius 2 is 1.91 bits per heavy atom. The third kappa shape index (κ3) is 3.25. The summed E-state index contributed by atoms with van der Waals surface area (Å²) in [6, 6.07) is 7.77. The van der Waals surface area contributed by atoms with Crippen molar-refractivity contribution < 1.29 is 9.59 Å². The molecule has 3 N–H and O–H groups in total. The fraction of sp³-hybridized carbons (Fsp3) is 0.500. The Bertz CT molecular complexity index is 555. The quantitative estimate of drug-likeness (QED) is 0.886. The molecule has 0 bridgehead atoms. The van der Waals surface area contributed by atoms with Crippen molar-refractivity contribution in [2.75, 3.05) is 11.4 Å². The van der Waals surface area contributed by atoms with Gasteiger partial charge in [-0.05, 0) is 43.4 Å². The lowest BCUT2D eigenvalue weighted by Gasteiger charge is -2.36. The van der Waals surface area contributed by atoms with Gasteiger partial charge in [0.2, 0.25) is 11.8 Å². The molecule has 0 unspecified atom stereocenters. The van der Waals surface area contributed by atoms with Crippen LogP contribution in [0.15, 0.2) is 24.3 Å². The average molecular weight is 324 g/mol. The highest BCUT2D eigenvalue weighted by Crippen LogP contribution is 2.29. The van der Waals surface area contributed by atoms with Gasteiger partial charge in [0.15, 0.2) is 0 Å². The maximum atomic E-state index is 12.0. The molecule has 1 aliphatic carbocycles. The molecule has 5 nitrogen and oxygen atoms in total. The molecule has 2 amide bonds. The second-order valence-corrected chi connectivity index (χ2v) is 6.01. The summed E-state index contributed by atoms with van der Waals surface area (Å²) in [4.78, 5) is 25.4. The van der Waals surface area contributed by atoms with Crippen LogP contribution < -0.4 is 16.0 Å². The molecule has 1 aliphatic heterocycles. The van der Waals surface area contributed by atoms with Crippen LogP contribution in [-0.2, 0) is 16.1 Å². The standard InChI is InChI=1S/C16H21N3O2.ClH/c17-16(8-2-9-16)15(21)18-11-12-4-6-13(7-5-12)19-10-1-3-14(19)20;/h4-7H,1-3,8-11,17H2,(H,18,21);1H. The number of hydrogen-bond donors (Lipinski definition) is 2. The van der Waals surface area contributed by atoms with E-state index in [2.05, 4.69) is 5.32 Å². The Hall–Kier alpha value is -1.59. The number of amides is 2. The van der Waals surface area contributed by atoms with E-state index >= 15 is 0 Å². The highest BCUT2D eigenvalue weighted by molar-refractivity contribution is 5.95. The molecule has 120 valence electrons. The van der Waals surface area contributed by atoms with Crippen molar-refractivity contribution in [1.82, 2.24) is 5.32 Å². The topological polar surface area (TPSA) is 75.4 Å². The van der Waals surface area contributed by atoms with Gasteiger partial charge in [-0.3, -0.25) is 9.59 Å². The minimum atomic E-state index is -0.651. The van der Waals surface area contributed by atoms with E-state index in [0.29, 0.717) is 13.0 Å². The Morgan fingerprint density at radius 1 is 1.23 bits per heavy atom. The lowest BCUT2D eigenvalue weighted by atomic mass is 9.77. The summed E-state index contributed by atoms with van der Waals surface area (Å²) in [7, 11) is 0.